The van der Waals surface area contributed by atoms with Gasteiger partial charge in [-0.2, -0.15) is 0 Å². The molecule has 1 unspecified atom stereocenters. The summed E-state index contributed by atoms with van der Waals surface area (Å²) in [6.45, 7) is 1.91. The van der Waals surface area contributed by atoms with E-state index in [-0.39, 0.29) is 17.1 Å². The number of rotatable bonds is 8. The van der Waals surface area contributed by atoms with Crippen LogP contribution in [0.2, 0.25) is 0 Å². The Labute approximate surface area is 180 Å². The first kappa shape index (κ1) is 21.0. The minimum atomic E-state index is -0.0534. The number of urea groups is 1. The third kappa shape index (κ3) is 4.29. The molecule has 3 aliphatic rings. The highest BCUT2D eigenvalue weighted by Crippen LogP contribution is 2.47. The number of amides is 2. The minimum Gasteiger partial charge on any atom is -0.336 e. The van der Waals surface area contributed by atoms with Gasteiger partial charge in [-0.3, -0.25) is 4.90 Å². The second-order valence-corrected chi connectivity index (χ2v) is 10.0. The lowest BCUT2D eigenvalue weighted by molar-refractivity contribution is 0.0169. The summed E-state index contributed by atoms with van der Waals surface area (Å²) in [5, 5.41) is 6.21. The number of carbonyl (C=O) groups excluding carboxylic acids is 1. The molecule has 5 heteroatoms. The summed E-state index contributed by atoms with van der Waals surface area (Å²) in [5.74, 6) is 2.39. The van der Waals surface area contributed by atoms with E-state index in [4.69, 9.17) is 11.6 Å². The first-order chi connectivity index (χ1) is 14.1. The summed E-state index contributed by atoms with van der Waals surface area (Å²) in [6.07, 6.45) is 10.8. The molecule has 1 spiro atoms. The summed E-state index contributed by atoms with van der Waals surface area (Å²) in [7, 11) is 2.34. The number of carbonyl (C=O) groups is 1. The van der Waals surface area contributed by atoms with Gasteiger partial charge in [-0.1, -0.05) is 49.6 Å². The Morgan fingerprint density at radius 1 is 1.17 bits per heavy atom. The highest BCUT2D eigenvalue weighted by Gasteiger charge is 2.49. The number of alkyl halides is 1. The van der Waals surface area contributed by atoms with Crippen molar-refractivity contribution in [3.8, 4) is 0 Å². The van der Waals surface area contributed by atoms with Gasteiger partial charge in [0.15, 0.2) is 0 Å². The van der Waals surface area contributed by atoms with E-state index < -0.39 is 0 Å². The fourth-order valence-corrected chi connectivity index (χ4v) is 6.07. The number of benzene rings is 1. The SMILES string of the molecule is CN(CC(CCCCl)C1CCC1)C1(c2ccccc2)CCC2(CC1)CNC(=O)N2. The standard InChI is InChI=1S/C24H36ClN3O/c1-28(17-20(9-6-16-25)19-7-5-8-19)24(21-10-3-2-4-11-21)14-12-23(13-15-24)18-26-22(29)27-23/h2-4,10-11,19-20H,5-9,12-18H2,1H3,(H2,26,27,29). The third-order valence-corrected chi connectivity index (χ3v) is 8.34. The van der Waals surface area contributed by atoms with Gasteiger partial charge in [-0.15, -0.1) is 11.6 Å². The zero-order valence-electron chi connectivity index (χ0n) is 17.8. The summed E-state index contributed by atoms with van der Waals surface area (Å²) < 4.78 is 0. The molecule has 160 valence electrons. The van der Waals surface area contributed by atoms with Crippen LogP contribution in [-0.2, 0) is 5.54 Å². The van der Waals surface area contributed by atoms with Crippen molar-refractivity contribution in [2.45, 2.75) is 68.9 Å². The van der Waals surface area contributed by atoms with E-state index in [1.807, 2.05) is 0 Å². The highest BCUT2D eigenvalue weighted by atomic mass is 35.5. The minimum absolute atomic E-state index is 0.00307. The Morgan fingerprint density at radius 3 is 2.45 bits per heavy atom. The Morgan fingerprint density at radius 2 is 1.90 bits per heavy atom. The molecule has 2 aliphatic carbocycles. The molecular formula is C24H36ClN3O. The molecule has 0 aromatic heterocycles. The first-order valence-corrected chi connectivity index (χ1v) is 12.0. The van der Waals surface area contributed by atoms with Gasteiger partial charge < -0.3 is 10.6 Å². The van der Waals surface area contributed by atoms with Crippen molar-refractivity contribution < 1.29 is 4.79 Å². The molecule has 1 aromatic rings. The molecule has 1 atom stereocenters. The topological polar surface area (TPSA) is 44.4 Å². The number of nitrogens with zero attached hydrogens (tertiary/aromatic N) is 1. The Bertz CT molecular complexity index is 683. The van der Waals surface area contributed by atoms with Crippen LogP contribution < -0.4 is 10.6 Å². The molecule has 2 saturated carbocycles. The fourth-order valence-electron chi connectivity index (χ4n) is 5.91. The number of nitrogens with one attached hydrogen (secondary N) is 2. The van der Waals surface area contributed by atoms with Gasteiger partial charge in [0.05, 0.1) is 5.54 Å². The summed E-state index contributed by atoms with van der Waals surface area (Å²) >= 11 is 6.05. The fraction of sp³-hybridized carbons (Fsp3) is 0.708. The zero-order valence-corrected chi connectivity index (χ0v) is 18.5. The van der Waals surface area contributed by atoms with Gasteiger partial charge in [0.2, 0.25) is 0 Å². The van der Waals surface area contributed by atoms with Crippen LogP contribution in [0.25, 0.3) is 0 Å². The summed E-state index contributed by atoms with van der Waals surface area (Å²) in [6, 6.07) is 11.1. The van der Waals surface area contributed by atoms with E-state index in [1.165, 1.54) is 31.2 Å². The first-order valence-electron chi connectivity index (χ1n) is 11.5. The average Bonchev–Trinajstić information content (AvgIpc) is 3.06. The molecule has 0 radical (unpaired) electrons. The van der Waals surface area contributed by atoms with Gasteiger partial charge in [-0.05, 0) is 63.0 Å². The lowest BCUT2D eigenvalue weighted by Crippen LogP contribution is -2.55. The van der Waals surface area contributed by atoms with E-state index in [9.17, 15) is 4.79 Å². The van der Waals surface area contributed by atoms with Crippen LogP contribution in [0.4, 0.5) is 4.79 Å². The normalized spacial score (nSPS) is 30.8. The molecule has 4 nitrogen and oxygen atoms in total. The number of halogens is 1. The van der Waals surface area contributed by atoms with Crippen molar-refractivity contribution in [3.63, 3.8) is 0 Å². The Hall–Kier alpha value is -1.26. The summed E-state index contributed by atoms with van der Waals surface area (Å²) in [5.41, 5.74) is 1.43. The van der Waals surface area contributed by atoms with Gasteiger partial charge in [0.25, 0.3) is 0 Å². The quantitative estimate of drug-likeness (QED) is 0.592. The molecule has 0 bridgehead atoms. The van der Waals surface area contributed by atoms with E-state index >= 15 is 0 Å². The molecule has 1 aliphatic heterocycles. The van der Waals surface area contributed by atoms with Crippen molar-refractivity contribution in [3.05, 3.63) is 35.9 Å². The largest absolute Gasteiger partial charge is 0.336 e. The number of hydrogen-bond donors (Lipinski definition) is 2. The maximum absolute atomic E-state index is 11.8. The molecular weight excluding hydrogens is 382 g/mol. The van der Waals surface area contributed by atoms with Gasteiger partial charge in [0.1, 0.15) is 0 Å². The van der Waals surface area contributed by atoms with Crippen LogP contribution in [0.5, 0.6) is 0 Å². The zero-order chi connectivity index (χ0) is 20.3. The molecule has 1 heterocycles. The Kier molecular flexibility index (Phi) is 6.41. The third-order valence-electron chi connectivity index (χ3n) is 8.08. The monoisotopic (exact) mass is 417 g/mol. The lowest BCUT2D eigenvalue weighted by Gasteiger charge is -2.51. The maximum Gasteiger partial charge on any atom is 0.315 e. The van der Waals surface area contributed by atoms with E-state index in [0.29, 0.717) is 0 Å². The molecule has 29 heavy (non-hydrogen) atoms. The van der Waals surface area contributed by atoms with E-state index in [1.54, 1.807) is 0 Å². The van der Waals surface area contributed by atoms with Crippen molar-refractivity contribution in [1.82, 2.24) is 15.5 Å². The highest BCUT2D eigenvalue weighted by molar-refractivity contribution is 6.17. The van der Waals surface area contributed by atoms with Crippen molar-refractivity contribution in [2.75, 3.05) is 26.0 Å². The van der Waals surface area contributed by atoms with E-state index in [0.717, 1.165) is 62.9 Å². The van der Waals surface area contributed by atoms with Crippen molar-refractivity contribution >= 4 is 17.6 Å². The van der Waals surface area contributed by atoms with Crippen LogP contribution in [0.1, 0.15) is 63.4 Å². The van der Waals surface area contributed by atoms with Crippen LogP contribution >= 0.6 is 11.6 Å². The molecule has 2 amide bonds. The molecule has 1 saturated heterocycles. The second kappa shape index (κ2) is 8.85. The van der Waals surface area contributed by atoms with Gasteiger partial charge in [-0.25, -0.2) is 4.79 Å². The van der Waals surface area contributed by atoms with Gasteiger partial charge >= 0.3 is 6.03 Å². The maximum atomic E-state index is 11.8. The number of hydrogen-bond acceptors (Lipinski definition) is 2. The van der Waals surface area contributed by atoms with Crippen LogP contribution in [0.15, 0.2) is 30.3 Å². The predicted molar refractivity (Wildman–Crippen MR) is 119 cm³/mol. The average molecular weight is 418 g/mol. The molecule has 2 N–H and O–H groups in total. The van der Waals surface area contributed by atoms with Crippen LogP contribution in [0, 0.1) is 11.8 Å². The second-order valence-electron chi connectivity index (χ2n) is 9.65. The summed E-state index contributed by atoms with van der Waals surface area (Å²) in [4.78, 5) is 14.5. The van der Waals surface area contributed by atoms with Gasteiger partial charge in [0, 0.05) is 24.5 Å². The Balaban J connectivity index is 1.53. The smallest absolute Gasteiger partial charge is 0.315 e. The lowest BCUT2D eigenvalue weighted by atomic mass is 9.67. The molecule has 4 rings (SSSR count). The van der Waals surface area contributed by atoms with Crippen molar-refractivity contribution in [1.29, 1.82) is 0 Å². The molecule has 1 aromatic carbocycles. The predicted octanol–water partition coefficient (Wildman–Crippen LogP) is 4.87. The van der Waals surface area contributed by atoms with Crippen LogP contribution in [-0.4, -0.2) is 42.5 Å². The van der Waals surface area contributed by atoms with Crippen LogP contribution in [0.3, 0.4) is 0 Å². The molecule has 3 fully saturated rings. The van der Waals surface area contributed by atoms with Crippen molar-refractivity contribution in [2.24, 2.45) is 11.8 Å². The van der Waals surface area contributed by atoms with E-state index in [2.05, 4.69) is 52.9 Å².